The third-order valence-electron chi connectivity index (χ3n) is 5.82. The van der Waals surface area contributed by atoms with E-state index in [1.165, 1.54) is 0 Å². The zero-order chi connectivity index (χ0) is 24.2. The van der Waals surface area contributed by atoms with Crippen molar-refractivity contribution >= 4 is 16.9 Å². The number of benzene rings is 2. The predicted octanol–water partition coefficient (Wildman–Crippen LogP) is 4.25. The summed E-state index contributed by atoms with van der Waals surface area (Å²) in [5, 5.41) is 0.463. The SMILES string of the molecule is C=CCOc1ccc([C@@H]2c3c(oc4ccccc4c3=O)C(=O)N2CCCN(C)C)cc1OCC. The first-order valence-corrected chi connectivity index (χ1v) is 11.5. The molecule has 0 bridgehead atoms. The highest BCUT2D eigenvalue weighted by molar-refractivity contribution is 5.99. The Kier molecular flexibility index (Phi) is 7.03. The second-order valence-corrected chi connectivity index (χ2v) is 8.47. The first kappa shape index (κ1) is 23.6. The Labute approximate surface area is 199 Å². The summed E-state index contributed by atoms with van der Waals surface area (Å²) < 4.78 is 17.6. The second kappa shape index (κ2) is 10.1. The number of fused-ring (bicyclic) bond motifs is 2. The fraction of sp³-hybridized carbons (Fsp3) is 0.333. The minimum atomic E-state index is -0.571. The molecule has 4 rings (SSSR count). The van der Waals surface area contributed by atoms with Crippen LogP contribution in [0.2, 0.25) is 0 Å². The van der Waals surface area contributed by atoms with Crippen molar-refractivity contribution in [3.63, 3.8) is 0 Å². The molecule has 1 aromatic heterocycles. The van der Waals surface area contributed by atoms with Crippen molar-refractivity contribution < 1.29 is 18.7 Å². The van der Waals surface area contributed by atoms with E-state index < -0.39 is 6.04 Å². The monoisotopic (exact) mass is 462 g/mol. The average Bonchev–Trinajstić information content (AvgIpc) is 3.10. The van der Waals surface area contributed by atoms with Crippen molar-refractivity contribution in [3.05, 3.63) is 82.2 Å². The van der Waals surface area contributed by atoms with E-state index in [0.717, 1.165) is 18.5 Å². The maximum Gasteiger partial charge on any atom is 0.290 e. The maximum absolute atomic E-state index is 13.6. The molecule has 1 atom stereocenters. The lowest BCUT2D eigenvalue weighted by atomic mass is 9.98. The van der Waals surface area contributed by atoms with E-state index in [2.05, 4.69) is 11.5 Å². The van der Waals surface area contributed by atoms with Gasteiger partial charge in [-0.2, -0.15) is 0 Å². The number of ether oxygens (including phenoxy) is 2. The van der Waals surface area contributed by atoms with Crippen LogP contribution in [0.3, 0.4) is 0 Å². The molecule has 178 valence electrons. The summed E-state index contributed by atoms with van der Waals surface area (Å²) >= 11 is 0. The normalized spacial score (nSPS) is 15.1. The smallest absolute Gasteiger partial charge is 0.290 e. The molecule has 2 aromatic carbocycles. The molecule has 0 unspecified atom stereocenters. The van der Waals surface area contributed by atoms with Crippen LogP contribution in [0, 0.1) is 0 Å². The molecule has 3 aromatic rings. The Balaban J connectivity index is 1.85. The summed E-state index contributed by atoms with van der Waals surface area (Å²) in [5.74, 6) is 0.982. The zero-order valence-corrected chi connectivity index (χ0v) is 19.9. The third kappa shape index (κ3) is 4.43. The van der Waals surface area contributed by atoms with Gasteiger partial charge in [0.05, 0.1) is 23.6 Å². The van der Waals surface area contributed by atoms with Gasteiger partial charge in [-0.05, 0) is 63.8 Å². The van der Waals surface area contributed by atoms with Crippen LogP contribution in [0.25, 0.3) is 11.0 Å². The zero-order valence-electron chi connectivity index (χ0n) is 19.9. The van der Waals surface area contributed by atoms with E-state index in [9.17, 15) is 9.59 Å². The molecule has 0 saturated heterocycles. The minimum Gasteiger partial charge on any atom is -0.490 e. The summed E-state index contributed by atoms with van der Waals surface area (Å²) in [6, 6.07) is 12.0. The standard InChI is InChI=1S/C27H30N2O5/c1-5-16-33-21-13-12-18(17-22(21)32-6-2)24-23-25(30)19-10-7-8-11-20(19)34-26(23)27(31)29(24)15-9-14-28(3)4/h5,7-8,10-13,17,24H,1,6,9,14-16H2,2-4H3/t24-/m1/s1. The van der Waals surface area contributed by atoms with Crippen LogP contribution in [-0.2, 0) is 0 Å². The number of carbonyl (C=O) groups is 1. The Hall–Kier alpha value is -3.58. The van der Waals surface area contributed by atoms with E-state index in [1.807, 2.05) is 39.2 Å². The molecule has 0 aliphatic carbocycles. The molecule has 0 N–H and O–H groups in total. The Morgan fingerprint density at radius 1 is 1.12 bits per heavy atom. The first-order chi connectivity index (χ1) is 16.5. The van der Waals surface area contributed by atoms with E-state index >= 15 is 0 Å². The molecular formula is C27H30N2O5. The fourth-order valence-electron chi connectivity index (χ4n) is 4.33. The van der Waals surface area contributed by atoms with Crippen molar-refractivity contribution in [1.82, 2.24) is 9.80 Å². The van der Waals surface area contributed by atoms with Gasteiger partial charge in [0.2, 0.25) is 5.76 Å². The molecule has 1 aliphatic heterocycles. The van der Waals surface area contributed by atoms with Crippen molar-refractivity contribution in [2.75, 3.05) is 40.4 Å². The number of rotatable bonds is 10. The van der Waals surface area contributed by atoms with Gasteiger partial charge in [-0.15, -0.1) is 0 Å². The predicted molar refractivity (Wildman–Crippen MR) is 132 cm³/mol. The summed E-state index contributed by atoms with van der Waals surface area (Å²) in [6.45, 7) is 7.68. The van der Waals surface area contributed by atoms with Gasteiger partial charge in [-0.3, -0.25) is 9.59 Å². The quantitative estimate of drug-likeness (QED) is 0.420. The summed E-state index contributed by atoms with van der Waals surface area (Å²) in [7, 11) is 3.98. The van der Waals surface area contributed by atoms with Gasteiger partial charge in [0.1, 0.15) is 12.2 Å². The summed E-state index contributed by atoms with van der Waals surface area (Å²) in [6.07, 6.45) is 2.42. The summed E-state index contributed by atoms with van der Waals surface area (Å²) in [5.41, 5.74) is 1.37. The van der Waals surface area contributed by atoms with Gasteiger partial charge >= 0.3 is 0 Å². The number of hydrogen-bond acceptors (Lipinski definition) is 6. The average molecular weight is 463 g/mol. The highest BCUT2D eigenvalue weighted by Crippen LogP contribution is 2.41. The van der Waals surface area contributed by atoms with Crippen LogP contribution in [-0.4, -0.2) is 56.1 Å². The van der Waals surface area contributed by atoms with Gasteiger partial charge in [-0.1, -0.05) is 30.9 Å². The Morgan fingerprint density at radius 3 is 2.65 bits per heavy atom. The largest absolute Gasteiger partial charge is 0.490 e. The molecule has 1 amide bonds. The van der Waals surface area contributed by atoms with Crippen molar-refractivity contribution in [3.8, 4) is 11.5 Å². The fourth-order valence-corrected chi connectivity index (χ4v) is 4.33. The van der Waals surface area contributed by atoms with Crippen molar-refractivity contribution in [1.29, 1.82) is 0 Å². The lowest BCUT2D eigenvalue weighted by Crippen LogP contribution is -2.32. The van der Waals surface area contributed by atoms with Crippen molar-refractivity contribution in [2.45, 2.75) is 19.4 Å². The van der Waals surface area contributed by atoms with Crippen LogP contribution in [0.1, 0.15) is 41.1 Å². The highest BCUT2D eigenvalue weighted by atomic mass is 16.5. The molecule has 0 fully saturated rings. The van der Waals surface area contributed by atoms with E-state index in [1.54, 1.807) is 35.2 Å². The molecule has 0 radical (unpaired) electrons. The number of hydrogen-bond donors (Lipinski definition) is 0. The number of carbonyl (C=O) groups excluding carboxylic acids is 1. The molecule has 0 saturated carbocycles. The molecule has 7 nitrogen and oxygen atoms in total. The van der Waals surface area contributed by atoms with Crippen molar-refractivity contribution in [2.24, 2.45) is 0 Å². The molecule has 2 heterocycles. The van der Waals surface area contributed by atoms with Gasteiger partial charge in [0.25, 0.3) is 5.91 Å². The Morgan fingerprint density at radius 2 is 1.91 bits per heavy atom. The van der Waals surface area contributed by atoms with E-state index in [4.69, 9.17) is 13.9 Å². The second-order valence-electron chi connectivity index (χ2n) is 8.47. The van der Waals surface area contributed by atoms with Crippen LogP contribution in [0.15, 0.2) is 64.3 Å². The highest BCUT2D eigenvalue weighted by Gasteiger charge is 2.42. The molecule has 34 heavy (non-hydrogen) atoms. The van der Waals surface area contributed by atoms with E-state index in [-0.39, 0.29) is 17.1 Å². The number of nitrogens with zero attached hydrogens (tertiary/aromatic N) is 2. The number of amides is 1. The third-order valence-corrected chi connectivity index (χ3v) is 5.82. The van der Waals surface area contributed by atoms with Gasteiger partial charge in [-0.25, -0.2) is 0 Å². The Bertz CT molecular complexity index is 1260. The molecule has 1 aliphatic rings. The van der Waals surface area contributed by atoms with Crippen LogP contribution in [0.5, 0.6) is 11.5 Å². The summed E-state index contributed by atoms with van der Waals surface area (Å²) in [4.78, 5) is 30.9. The number of para-hydroxylation sites is 1. The topological polar surface area (TPSA) is 72.2 Å². The van der Waals surface area contributed by atoms with Crippen LogP contribution >= 0.6 is 0 Å². The molecular weight excluding hydrogens is 432 g/mol. The van der Waals surface area contributed by atoms with E-state index in [0.29, 0.717) is 47.8 Å². The molecule has 0 spiro atoms. The van der Waals surface area contributed by atoms with Crippen LogP contribution < -0.4 is 14.9 Å². The van der Waals surface area contributed by atoms with Gasteiger partial charge in [0, 0.05) is 6.54 Å². The molecule has 7 heteroatoms. The first-order valence-electron chi connectivity index (χ1n) is 11.5. The van der Waals surface area contributed by atoms with Gasteiger partial charge < -0.3 is 23.7 Å². The minimum absolute atomic E-state index is 0.114. The van der Waals surface area contributed by atoms with Gasteiger partial charge in [0.15, 0.2) is 16.9 Å². The lowest BCUT2D eigenvalue weighted by molar-refractivity contribution is 0.0722. The lowest BCUT2D eigenvalue weighted by Gasteiger charge is -2.26. The maximum atomic E-state index is 13.6. The van der Waals surface area contributed by atoms with Crippen LogP contribution in [0.4, 0.5) is 0 Å².